The van der Waals surface area contributed by atoms with E-state index < -0.39 is 29.9 Å². The molecule has 3 atom stereocenters. The fourth-order valence-electron chi connectivity index (χ4n) is 1.03. The van der Waals surface area contributed by atoms with E-state index >= 15 is 0 Å². The zero-order chi connectivity index (χ0) is 9.30. The predicted molar refractivity (Wildman–Crippen MR) is 34.7 cm³/mol. The van der Waals surface area contributed by atoms with E-state index in [2.05, 4.69) is 0 Å². The Morgan fingerprint density at radius 2 is 2.25 bits per heavy atom. The van der Waals surface area contributed by atoms with E-state index in [4.69, 9.17) is 15.5 Å². The molecular weight excluding hydrogens is 164 g/mol. The Kier molecular flexibility index (Phi) is 1.97. The van der Waals surface area contributed by atoms with Crippen molar-refractivity contribution in [3.05, 3.63) is 0 Å². The molecule has 1 rings (SSSR count). The number of aliphatic carboxylic acids is 1. The maximum atomic E-state index is 10.7. The van der Waals surface area contributed by atoms with Gasteiger partial charge in [0, 0.05) is 0 Å². The number of rotatable bonds is 1. The minimum atomic E-state index is -1.53. The average Bonchev–Trinajstić information content (AvgIpc) is 2.29. The van der Waals surface area contributed by atoms with Gasteiger partial charge in [-0.3, -0.25) is 4.79 Å². The van der Waals surface area contributed by atoms with Gasteiger partial charge >= 0.3 is 5.97 Å². The van der Waals surface area contributed by atoms with Gasteiger partial charge in [0.1, 0.15) is 12.0 Å². The quantitative estimate of drug-likeness (QED) is 0.424. The second-order valence-corrected chi connectivity index (χ2v) is 2.42. The Bertz CT molecular complexity index is 269. The highest BCUT2D eigenvalue weighted by Gasteiger charge is 2.45. The molecular formula is C6H6N2O4. The van der Waals surface area contributed by atoms with Gasteiger partial charge in [0.25, 0.3) is 5.91 Å². The molecule has 0 aliphatic carbocycles. The maximum Gasteiger partial charge on any atom is 0.327 e. The van der Waals surface area contributed by atoms with Crippen LogP contribution in [0.1, 0.15) is 0 Å². The highest BCUT2D eigenvalue weighted by molar-refractivity contribution is 5.91. The number of carboxylic acids is 1. The zero-order valence-corrected chi connectivity index (χ0v) is 5.89. The normalized spacial score (nSPS) is 34.0. The van der Waals surface area contributed by atoms with Crippen LogP contribution in [0.15, 0.2) is 0 Å². The summed E-state index contributed by atoms with van der Waals surface area (Å²) in [5.41, 5.74) is 0. The fraction of sp³-hybridized carbons (Fsp3) is 0.500. The second kappa shape index (κ2) is 2.79. The number of aliphatic hydroxyl groups excluding tert-OH is 1. The number of nitrogens with one attached hydrogen (secondary N) is 1. The minimum absolute atomic E-state index is 0.811. The van der Waals surface area contributed by atoms with Crippen molar-refractivity contribution in [3.63, 3.8) is 0 Å². The van der Waals surface area contributed by atoms with Crippen molar-refractivity contribution in [2.45, 2.75) is 12.1 Å². The standard InChI is InChI=1S/C6H6N2O4/c7-1-2-3(6(11)12)8-5(10)4(2)9/h2-4,9H,(H,8,10)(H,11,12). The molecule has 3 N–H and O–H groups in total. The lowest BCUT2D eigenvalue weighted by Gasteiger charge is -2.06. The summed E-state index contributed by atoms with van der Waals surface area (Å²) < 4.78 is 0. The van der Waals surface area contributed by atoms with Crippen LogP contribution < -0.4 is 5.32 Å². The lowest BCUT2D eigenvalue weighted by molar-refractivity contribution is -0.140. The zero-order valence-electron chi connectivity index (χ0n) is 5.89. The summed E-state index contributed by atoms with van der Waals surface area (Å²) in [6.45, 7) is 0. The van der Waals surface area contributed by atoms with Crippen molar-refractivity contribution in [1.82, 2.24) is 5.32 Å². The van der Waals surface area contributed by atoms with E-state index in [-0.39, 0.29) is 0 Å². The van der Waals surface area contributed by atoms with E-state index in [0.717, 1.165) is 0 Å². The highest BCUT2D eigenvalue weighted by Crippen LogP contribution is 2.16. The molecule has 1 amide bonds. The predicted octanol–water partition coefficient (Wildman–Crippen LogP) is -1.93. The van der Waals surface area contributed by atoms with Gasteiger partial charge in [-0.05, 0) is 0 Å². The van der Waals surface area contributed by atoms with Crippen molar-refractivity contribution in [1.29, 1.82) is 5.26 Å². The van der Waals surface area contributed by atoms with Gasteiger partial charge in [-0.1, -0.05) is 0 Å². The number of carbonyl (C=O) groups is 2. The lowest BCUT2D eigenvalue weighted by Crippen LogP contribution is -2.36. The third-order valence-electron chi connectivity index (χ3n) is 1.68. The summed E-state index contributed by atoms with van der Waals surface area (Å²) >= 11 is 0. The van der Waals surface area contributed by atoms with E-state index in [9.17, 15) is 9.59 Å². The number of amides is 1. The molecule has 0 aromatic heterocycles. The molecule has 0 saturated carbocycles. The number of hydrogen-bond acceptors (Lipinski definition) is 4. The molecule has 6 nitrogen and oxygen atoms in total. The molecule has 1 aliphatic heterocycles. The molecule has 1 aliphatic rings. The van der Waals surface area contributed by atoms with Gasteiger partial charge in [-0.15, -0.1) is 0 Å². The Hall–Kier alpha value is -1.61. The first-order valence-corrected chi connectivity index (χ1v) is 3.19. The summed E-state index contributed by atoms with van der Waals surface area (Å²) in [7, 11) is 0. The summed E-state index contributed by atoms with van der Waals surface area (Å²) in [5.74, 6) is -3.32. The average molecular weight is 170 g/mol. The summed E-state index contributed by atoms with van der Waals surface area (Å²) in [4.78, 5) is 21.1. The Morgan fingerprint density at radius 1 is 1.67 bits per heavy atom. The lowest BCUT2D eigenvalue weighted by atomic mass is 10.0. The van der Waals surface area contributed by atoms with Crippen LogP contribution in [0.2, 0.25) is 0 Å². The van der Waals surface area contributed by atoms with Gasteiger partial charge < -0.3 is 15.5 Å². The van der Waals surface area contributed by atoms with Crippen molar-refractivity contribution < 1.29 is 19.8 Å². The SMILES string of the molecule is N#CC1C(O)C(=O)NC1C(=O)O. The van der Waals surface area contributed by atoms with Crippen LogP contribution in [0, 0.1) is 17.2 Å². The topological polar surface area (TPSA) is 110 Å². The number of nitrogens with zero attached hydrogens (tertiary/aromatic N) is 1. The molecule has 6 heteroatoms. The molecule has 1 saturated heterocycles. The van der Waals surface area contributed by atoms with Crippen LogP contribution >= 0.6 is 0 Å². The van der Waals surface area contributed by atoms with Crippen LogP contribution in [0.3, 0.4) is 0 Å². The monoisotopic (exact) mass is 170 g/mol. The molecule has 0 bridgehead atoms. The van der Waals surface area contributed by atoms with Crippen LogP contribution in [0.25, 0.3) is 0 Å². The molecule has 1 fully saturated rings. The Morgan fingerprint density at radius 3 is 2.58 bits per heavy atom. The van der Waals surface area contributed by atoms with Crippen molar-refractivity contribution >= 4 is 11.9 Å². The van der Waals surface area contributed by atoms with Crippen LogP contribution in [0.5, 0.6) is 0 Å². The molecule has 1 heterocycles. The summed E-state index contributed by atoms with van der Waals surface area (Å²) in [5, 5.41) is 27.9. The molecule has 0 spiro atoms. The first kappa shape index (κ1) is 8.49. The van der Waals surface area contributed by atoms with E-state index in [1.165, 1.54) is 0 Å². The molecule has 0 radical (unpaired) electrons. The van der Waals surface area contributed by atoms with Gasteiger partial charge in [0.05, 0.1) is 6.07 Å². The number of aliphatic hydroxyl groups is 1. The van der Waals surface area contributed by atoms with Gasteiger partial charge in [0.2, 0.25) is 0 Å². The molecule has 64 valence electrons. The number of hydrogen-bond donors (Lipinski definition) is 3. The summed E-state index contributed by atoms with van der Waals surface area (Å²) in [6.07, 6.45) is -1.53. The van der Waals surface area contributed by atoms with Crippen LogP contribution in [-0.4, -0.2) is 34.2 Å². The number of carboxylic acid groups (broad SMARTS) is 1. The van der Waals surface area contributed by atoms with Crippen molar-refractivity contribution in [2.24, 2.45) is 5.92 Å². The number of carbonyl (C=O) groups excluding carboxylic acids is 1. The minimum Gasteiger partial charge on any atom is -0.480 e. The third kappa shape index (κ3) is 1.10. The van der Waals surface area contributed by atoms with Crippen LogP contribution in [0.4, 0.5) is 0 Å². The largest absolute Gasteiger partial charge is 0.480 e. The first-order chi connectivity index (χ1) is 5.57. The third-order valence-corrected chi connectivity index (χ3v) is 1.68. The highest BCUT2D eigenvalue weighted by atomic mass is 16.4. The fourth-order valence-corrected chi connectivity index (χ4v) is 1.03. The maximum absolute atomic E-state index is 10.7. The number of nitriles is 1. The first-order valence-electron chi connectivity index (χ1n) is 3.19. The second-order valence-electron chi connectivity index (χ2n) is 2.42. The molecule has 0 aromatic carbocycles. The Balaban J connectivity index is 2.87. The molecule has 12 heavy (non-hydrogen) atoms. The van der Waals surface area contributed by atoms with E-state index in [1.807, 2.05) is 5.32 Å². The molecule has 3 unspecified atom stereocenters. The van der Waals surface area contributed by atoms with E-state index in [1.54, 1.807) is 6.07 Å². The van der Waals surface area contributed by atoms with Crippen LogP contribution in [-0.2, 0) is 9.59 Å². The molecule has 0 aromatic rings. The van der Waals surface area contributed by atoms with Gasteiger partial charge in [-0.25, -0.2) is 4.79 Å². The Labute approximate surface area is 67.4 Å². The van der Waals surface area contributed by atoms with Crippen molar-refractivity contribution in [2.75, 3.05) is 0 Å². The van der Waals surface area contributed by atoms with Gasteiger partial charge in [-0.2, -0.15) is 5.26 Å². The van der Waals surface area contributed by atoms with E-state index in [0.29, 0.717) is 0 Å². The smallest absolute Gasteiger partial charge is 0.327 e. The summed E-state index contributed by atoms with van der Waals surface area (Å²) in [6, 6.07) is 0.267. The van der Waals surface area contributed by atoms with Crippen molar-refractivity contribution in [3.8, 4) is 6.07 Å². The van der Waals surface area contributed by atoms with Gasteiger partial charge in [0.15, 0.2) is 6.10 Å².